The summed E-state index contributed by atoms with van der Waals surface area (Å²) in [6, 6.07) is 5.67. The number of rotatable bonds is 1. The van der Waals surface area contributed by atoms with Gasteiger partial charge in [-0.05, 0) is 25.0 Å². The standard InChI is InChI=1S/C12H11ClFN3/c1-6-4-3-5-7(2)8(6)10-9(14)11(13)17-12(15)16-10/h3-5H,1-2H3,(H2,15,16,17). The number of aromatic nitrogens is 2. The maximum absolute atomic E-state index is 13.9. The zero-order valence-electron chi connectivity index (χ0n) is 9.46. The van der Waals surface area contributed by atoms with Crippen molar-refractivity contribution in [2.45, 2.75) is 13.8 Å². The molecule has 0 saturated heterocycles. The van der Waals surface area contributed by atoms with Crippen LogP contribution < -0.4 is 5.73 Å². The highest BCUT2D eigenvalue weighted by Gasteiger charge is 2.16. The fraction of sp³-hybridized carbons (Fsp3) is 0.167. The van der Waals surface area contributed by atoms with Crippen LogP contribution in [-0.4, -0.2) is 9.97 Å². The average Bonchev–Trinajstić information content (AvgIpc) is 2.24. The van der Waals surface area contributed by atoms with Crippen molar-refractivity contribution in [1.82, 2.24) is 9.97 Å². The third kappa shape index (κ3) is 2.08. The summed E-state index contributed by atoms with van der Waals surface area (Å²) in [6.07, 6.45) is 0. The van der Waals surface area contributed by atoms with Gasteiger partial charge in [-0.25, -0.2) is 9.37 Å². The first kappa shape index (κ1) is 11.8. The predicted molar refractivity (Wildman–Crippen MR) is 66.3 cm³/mol. The number of hydrogen-bond donors (Lipinski definition) is 1. The molecule has 1 aromatic heterocycles. The molecule has 2 rings (SSSR count). The number of aryl methyl sites for hydroxylation is 2. The number of anilines is 1. The second kappa shape index (κ2) is 4.30. The first-order valence-electron chi connectivity index (χ1n) is 5.06. The summed E-state index contributed by atoms with van der Waals surface area (Å²) in [4.78, 5) is 7.51. The van der Waals surface area contributed by atoms with Crippen molar-refractivity contribution in [3.63, 3.8) is 0 Å². The molecule has 88 valence electrons. The van der Waals surface area contributed by atoms with E-state index >= 15 is 0 Å². The maximum Gasteiger partial charge on any atom is 0.222 e. The number of halogens is 2. The third-order valence-electron chi connectivity index (χ3n) is 2.55. The molecule has 0 saturated carbocycles. The summed E-state index contributed by atoms with van der Waals surface area (Å²) in [7, 11) is 0. The number of nitrogens with zero attached hydrogens (tertiary/aromatic N) is 2. The smallest absolute Gasteiger partial charge is 0.222 e. The van der Waals surface area contributed by atoms with E-state index < -0.39 is 5.82 Å². The Balaban J connectivity index is 2.77. The average molecular weight is 252 g/mol. The van der Waals surface area contributed by atoms with Crippen LogP contribution in [0.5, 0.6) is 0 Å². The topological polar surface area (TPSA) is 51.8 Å². The Morgan fingerprint density at radius 2 is 1.76 bits per heavy atom. The van der Waals surface area contributed by atoms with Gasteiger partial charge < -0.3 is 5.73 Å². The van der Waals surface area contributed by atoms with Crippen LogP contribution in [0.2, 0.25) is 5.15 Å². The summed E-state index contributed by atoms with van der Waals surface area (Å²) in [5, 5.41) is -0.254. The van der Waals surface area contributed by atoms with Crippen LogP contribution in [-0.2, 0) is 0 Å². The molecule has 0 aliphatic rings. The lowest BCUT2D eigenvalue weighted by atomic mass is 10.00. The van der Waals surface area contributed by atoms with Gasteiger partial charge in [0.25, 0.3) is 0 Å². The van der Waals surface area contributed by atoms with E-state index in [0.29, 0.717) is 5.56 Å². The van der Waals surface area contributed by atoms with Crippen LogP contribution in [0.25, 0.3) is 11.3 Å². The van der Waals surface area contributed by atoms with E-state index in [-0.39, 0.29) is 16.8 Å². The van der Waals surface area contributed by atoms with E-state index in [2.05, 4.69) is 9.97 Å². The van der Waals surface area contributed by atoms with Crippen LogP contribution in [0.1, 0.15) is 11.1 Å². The molecular formula is C12H11ClFN3. The molecule has 17 heavy (non-hydrogen) atoms. The molecule has 0 fully saturated rings. The van der Waals surface area contributed by atoms with Gasteiger partial charge in [-0.3, -0.25) is 0 Å². The van der Waals surface area contributed by atoms with Gasteiger partial charge in [0.15, 0.2) is 11.0 Å². The minimum atomic E-state index is -0.640. The number of nitrogen functional groups attached to an aromatic ring is 1. The van der Waals surface area contributed by atoms with Crippen molar-refractivity contribution in [3.05, 3.63) is 40.3 Å². The largest absolute Gasteiger partial charge is 0.368 e. The van der Waals surface area contributed by atoms with Gasteiger partial charge in [-0.2, -0.15) is 4.98 Å². The molecule has 1 aromatic carbocycles. The molecule has 0 aliphatic heterocycles. The van der Waals surface area contributed by atoms with Gasteiger partial charge >= 0.3 is 0 Å². The molecule has 0 unspecified atom stereocenters. The Bertz CT molecular complexity index is 564. The predicted octanol–water partition coefficient (Wildman–Crippen LogP) is 3.14. The molecule has 0 amide bonds. The zero-order chi connectivity index (χ0) is 12.6. The first-order chi connectivity index (χ1) is 8.00. The zero-order valence-corrected chi connectivity index (χ0v) is 10.2. The molecule has 0 atom stereocenters. The Labute approximate surface area is 103 Å². The van der Waals surface area contributed by atoms with Crippen molar-refractivity contribution < 1.29 is 4.39 Å². The minimum absolute atomic E-state index is 0.0333. The molecule has 3 nitrogen and oxygen atoms in total. The van der Waals surface area contributed by atoms with Gasteiger partial charge in [0.1, 0.15) is 5.69 Å². The van der Waals surface area contributed by atoms with Crippen molar-refractivity contribution in [2.75, 3.05) is 5.73 Å². The van der Waals surface area contributed by atoms with Crippen LogP contribution in [0.15, 0.2) is 18.2 Å². The highest BCUT2D eigenvalue weighted by atomic mass is 35.5. The van der Waals surface area contributed by atoms with Gasteiger partial charge in [0.2, 0.25) is 5.95 Å². The SMILES string of the molecule is Cc1cccc(C)c1-c1nc(N)nc(Cl)c1F. The molecule has 0 aliphatic carbocycles. The molecule has 1 heterocycles. The summed E-state index contributed by atoms with van der Waals surface area (Å²) in [5.74, 6) is -0.674. The summed E-state index contributed by atoms with van der Waals surface area (Å²) >= 11 is 5.67. The molecule has 2 N–H and O–H groups in total. The maximum atomic E-state index is 13.9. The third-order valence-corrected chi connectivity index (χ3v) is 2.80. The van der Waals surface area contributed by atoms with Crippen molar-refractivity contribution in [3.8, 4) is 11.3 Å². The lowest BCUT2D eigenvalue weighted by molar-refractivity contribution is 0.619. The van der Waals surface area contributed by atoms with E-state index in [1.165, 1.54) is 0 Å². The van der Waals surface area contributed by atoms with Crippen molar-refractivity contribution in [2.24, 2.45) is 0 Å². The van der Waals surface area contributed by atoms with Crippen LogP contribution >= 0.6 is 11.6 Å². The highest BCUT2D eigenvalue weighted by Crippen LogP contribution is 2.30. The van der Waals surface area contributed by atoms with E-state index in [1.54, 1.807) is 0 Å². The molecular weight excluding hydrogens is 241 g/mol. The van der Waals surface area contributed by atoms with Crippen LogP contribution in [0.3, 0.4) is 0 Å². The van der Waals surface area contributed by atoms with E-state index in [0.717, 1.165) is 11.1 Å². The lowest BCUT2D eigenvalue weighted by Gasteiger charge is -2.10. The summed E-state index contributed by atoms with van der Waals surface area (Å²) < 4.78 is 13.9. The van der Waals surface area contributed by atoms with Gasteiger partial charge in [0, 0.05) is 5.56 Å². The Hall–Kier alpha value is -1.68. The lowest BCUT2D eigenvalue weighted by Crippen LogP contribution is -2.02. The van der Waals surface area contributed by atoms with E-state index in [4.69, 9.17) is 17.3 Å². The summed E-state index contributed by atoms with van der Waals surface area (Å²) in [6.45, 7) is 3.77. The van der Waals surface area contributed by atoms with Gasteiger partial charge in [-0.1, -0.05) is 29.8 Å². The fourth-order valence-corrected chi connectivity index (χ4v) is 1.97. The van der Waals surface area contributed by atoms with Gasteiger partial charge in [0.05, 0.1) is 0 Å². The number of benzene rings is 1. The fourth-order valence-electron chi connectivity index (χ4n) is 1.79. The molecule has 0 radical (unpaired) electrons. The normalized spacial score (nSPS) is 10.6. The van der Waals surface area contributed by atoms with Gasteiger partial charge in [-0.15, -0.1) is 0 Å². The molecule has 2 aromatic rings. The summed E-state index contributed by atoms with van der Waals surface area (Å²) in [5.41, 5.74) is 8.18. The minimum Gasteiger partial charge on any atom is -0.368 e. The monoisotopic (exact) mass is 251 g/mol. The van der Waals surface area contributed by atoms with Crippen LogP contribution in [0, 0.1) is 19.7 Å². The van der Waals surface area contributed by atoms with E-state index in [9.17, 15) is 4.39 Å². The second-order valence-corrected chi connectivity index (χ2v) is 4.16. The molecule has 0 bridgehead atoms. The molecule has 5 heteroatoms. The highest BCUT2D eigenvalue weighted by molar-refractivity contribution is 6.29. The Morgan fingerprint density at radius 1 is 1.18 bits per heavy atom. The quantitative estimate of drug-likeness (QED) is 0.793. The molecule has 0 spiro atoms. The number of hydrogen-bond acceptors (Lipinski definition) is 3. The Kier molecular flexibility index (Phi) is 2.98. The van der Waals surface area contributed by atoms with Crippen molar-refractivity contribution in [1.29, 1.82) is 0 Å². The van der Waals surface area contributed by atoms with Crippen LogP contribution in [0.4, 0.5) is 10.3 Å². The second-order valence-electron chi connectivity index (χ2n) is 3.80. The van der Waals surface area contributed by atoms with E-state index in [1.807, 2.05) is 32.0 Å². The Morgan fingerprint density at radius 3 is 2.35 bits per heavy atom. The number of nitrogens with two attached hydrogens (primary N) is 1. The van der Waals surface area contributed by atoms with Crippen molar-refractivity contribution >= 4 is 17.5 Å². The first-order valence-corrected chi connectivity index (χ1v) is 5.43.